The van der Waals surface area contributed by atoms with Crippen molar-refractivity contribution in [3.63, 3.8) is 0 Å². The molecule has 10 nitrogen and oxygen atoms in total. The molecule has 3 aromatic carbocycles. The van der Waals surface area contributed by atoms with Crippen LogP contribution < -0.4 is 20.1 Å². The van der Waals surface area contributed by atoms with Gasteiger partial charge in [-0.05, 0) is 65.6 Å². The van der Waals surface area contributed by atoms with Crippen LogP contribution in [0, 0.1) is 6.92 Å². The second-order valence-electron chi connectivity index (χ2n) is 12.2. The molecule has 6 bridgehead atoms. The molecule has 5 aromatic rings. The van der Waals surface area contributed by atoms with Crippen molar-refractivity contribution >= 4 is 17.7 Å². The molecule has 1 fully saturated rings. The zero-order chi connectivity index (χ0) is 33.7. The van der Waals surface area contributed by atoms with Crippen LogP contribution in [0.3, 0.4) is 0 Å². The highest BCUT2D eigenvalue weighted by Gasteiger charge is 2.36. The van der Waals surface area contributed by atoms with Crippen molar-refractivity contribution in [3.05, 3.63) is 132 Å². The third kappa shape index (κ3) is 7.13. The number of hydrogen-bond donors (Lipinski definition) is 2. The maximum absolute atomic E-state index is 14.2. The van der Waals surface area contributed by atoms with Crippen LogP contribution in [0.4, 0.5) is 0 Å². The molecule has 5 heterocycles. The van der Waals surface area contributed by atoms with Crippen LogP contribution in [0.1, 0.15) is 38.4 Å². The first-order valence-electron chi connectivity index (χ1n) is 16.2. The van der Waals surface area contributed by atoms with Crippen molar-refractivity contribution in [1.82, 2.24) is 25.5 Å². The van der Waals surface area contributed by atoms with E-state index in [1.54, 1.807) is 29.4 Å². The Morgan fingerprint density at radius 1 is 0.857 bits per heavy atom. The summed E-state index contributed by atoms with van der Waals surface area (Å²) in [5, 5.41) is 6.05. The molecule has 10 heteroatoms. The maximum Gasteiger partial charge on any atom is 0.258 e. The monoisotopic (exact) mass is 653 g/mol. The number of carbonyl (C=O) groups is 3. The van der Waals surface area contributed by atoms with Crippen LogP contribution in [0.2, 0.25) is 0 Å². The lowest BCUT2D eigenvalue weighted by molar-refractivity contribution is -0.123. The molecule has 246 valence electrons. The van der Waals surface area contributed by atoms with E-state index in [4.69, 9.17) is 9.47 Å². The van der Waals surface area contributed by atoms with Crippen LogP contribution in [0.15, 0.2) is 110 Å². The topological polar surface area (TPSA) is 123 Å². The lowest BCUT2D eigenvalue weighted by Gasteiger charge is -2.39. The fourth-order valence-corrected chi connectivity index (χ4v) is 6.25. The maximum atomic E-state index is 14.2. The van der Waals surface area contributed by atoms with E-state index in [0.717, 1.165) is 22.3 Å². The number of aryl methyl sites for hydroxylation is 1. The van der Waals surface area contributed by atoms with Gasteiger partial charge in [-0.2, -0.15) is 0 Å². The molecule has 3 aliphatic rings. The molecular formula is C39H35N5O5. The van der Waals surface area contributed by atoms with Crippen LogP contribution in [0.25, 0.3) is 22.3 Å². The van der Waals surface area contributed by atoms with E-state index < -0.39 is 12.1 Å². The molecule has 0 unspecified atom stereocenters. The number of nitrogens with one attached hydrogen (secondary N) is 2. The lowest BCUT2D eigenvalue weighted by Crippen LogP contribution is -2.58. The molecule has 0 spiro atoms. The predicted octanol–water partition coefficient (Wildman–Crippen LogP) is 5.22. The molecule has 2 aromatic heterocycles. The fraction of sp³-hybridized carbons (Fsp3) is 0.205. The molecule has 8 rings (SSSR count). The molecule has 1 saturated heterocycles. The van der Waals surface area contributed by atoms with Crippen molar-refractivity contribution in [2.24, 2.45) is 0 Å². The number of ether oxygens (including phenoxy) is 2. The van der Waals surface area contributed by atoms with Gasteiger partial charge in [-0.15, -0.1) is 0 Å². The van der Waals surface area contributed by atoms with Gasteiger partial charge in [0.1, 0.15) is 17.6 Å². The van der Waals surface area contributed by atoms with E-state index in [-0.39, 0.29) is 30.9 Å². The van der Waals surface area contributed by atoms with Gasteiger partial charge in [0.15, 0.2) is 6.61 Å². The molecule has 0 saturated carbocycles. The Kier molecular flexibility index (Phi) is 9.01. The Hall–Kier alpha value is -6.03. The van der Waals surface area contributed by atoms with Gasteiger partial charge in [0.05, 0.1) is 22.9 Å². The SMILES string of the molecule is Cc1nccc(-c2ccccc2)c1C(=O)N1CC[C@@H]2Oc3ccc(cc3)CNC(=O)COc3cccc(c3)-c3cncc(c3)C(=O)N[C@@H]2C1. The molecule has 2 N–H and O–H groups in total. The summed E-state index contributed by atoms with van der Waals surface area (Å²) in [5.41, 5.74) is 5.67. The Morgan fingerprint density at radius 3 is 2.49 bits per heavy atom. The molecule has 3 aliphatic heterocycles. The van der Waals surface area contributed by atoms with E-state index in [2.05, 4.69) is 20.6 Å². The summed E-state index contributed by atoms with van der Waals surface area (Å²) in [6, 6.07) is 27.6. The number of nitrogens with zero attached hydrogens (tertiary/aromatic N) is 3. The number of amides is 3. The summed E-state index contributed by atoms with van der Waals surface area (Å²) in [4.78, 5) is 51.2. The minimum absolute atomic E-state index is 0.137. The van der Waals surface area contributed by atoms with Crippen LogP contribution in [0.5, 0.6) is 11.5 Å². The van der Waals surface area contributed by atoms with E-state index in [1.807, 2.05) is 85.8 Å². The van der Waals surface area contributed by atoms with Gasteiger partial charge >= 0.3 is 0 Å². The average Bonchev–Trinajstić information content (AvgIpc) is 3.14. The number of fused-ring (bicyclic) bond motifs is 7. The summed E-state index contributed by atoms with van der Waals surface area (Å²) in [6.45, 7) is 2.70. The predicted molar refractivity (Wildman–Crippen MR) is 184 cm³/mol. The summed E-state index contributed by atoms with van der Waals surface area (Å²) in [5.74, 6) is 0.405. The van der Waals surface area contributed by atoms with Crippen LogP contribution >= 0.6 is 0 Å². The van der Waals surface area contributed by atoms with Crippen molar-refractivity contribution < 1.29 is 23.9 Å². The van der Waals surface area contributed by atoms with Gasteiger partial charge < -0.3 is 25.0 Å². The third-order valence-corrected chi connectivity index (χ3v) is 8.83. The number of pyridine rings is 2. The second kappa shape index (κ2) is 14.0. The van der Waals surface area contributed by atoms with E-state index in [9.17, 15) is 14.4 Å². The highest BCUT2D eigenvalue weighted by atomic mass is 16.5. The normalized spacial score (nSPS) is 17.9. The Morgan fingerprint density at radius 2 is 1.65 bits per heavy atom. The molecular weight excluding hydrogens is 618 g/mol. The van der Waals surface area contributed by atoms with Crippen molar-refractivity contribution in [2.75, 3.05) is 19.7 Å². The average molecular weight is 654 g/mol. The number of rotatable bonds is 2. The van der Waals surface area contributed by atoms with E-state index in [1.165, 1.54) is 6.20 Å². The second-order valence-corrected chi connectivity index (χ2v) is 12.2. The Bertz CT molecular complexity index is 2000. The zero-order valence-electron chi connectivity index (χ0n) is 27.0. The Labute approximate surface area is 284 Å². The summed E-state index contributed by atoms with van der Waals surface area (Å²) >= 11 is 0. The van der Waals surface area contributed by atoms with E-state index >= 15 is 0 Å². The number of aromatic nitrogens is 2. The number of likely N-dealkylation sites (tertiary alicyclic amines) is 1. The lowest BCUT2D eigenvalue weighted by atomic mass is 9.96. The van der Waals surface area contributed by atoms with E-state index in [0.29, 0.717) is 53.4 Å². The molecule has 0 aliphatic carbocycles. The van der Waals surface area contributed by atoms with Gasteiger partial charge in [0.25, 0.3) is 17.7 Å². The van der Waals surface area contributed by atoms with Crippen molar-refractivity contribution in [1.29, 1.82) is 0 Å². The van der Waals surface area contributed by atoms with Gasteiger partial charge in [0, 0.05) is 50.2 Å². The van der Waals surface area contributed by atoms with Crippen LogP contribution in [-0.2, 0) is 11.3 Å². The van der Waals surface area contributed by atoms with Crippen LogP contribution in [-0.4, -0.2) is 64.4 Å². The van der Waals surface area contributed by atoms with Gasteiger partial charge in [-0.3, -0.25) is 24.4 Å². The molecule has 3 amide bonds. The third-order valence-electron chi connectivity index (χ3n) is 8.83. The summed E-state index contributed by atoms with van der Waals surface area (Å²) in [6.07, 6.45) is 4.97. The highest BCUT2D eigenvalue weighted by Crippen LogP contribution is 2.29. The minimum Gasteiger partial charge on any atom is -0.488 e. The summed E-state index contributed by atoms with van der Waals surface area (Å²) in [7, 11) is 0. The van der Waals surface area contributed by atoms with Crippen molar-refractivity contribution in [2.45, 2.75) is 32.0 Å². The molecule has 49 heavy (non-hydrogen) atoms. The summed E-state index contributed by atoms with van der Waals surface area (Å²) < 4.78 is 12.2. The van der Waals surface area contributed by atoms with Crippen molar-refractivity contribution in [3.8, 4) is 33.8 Å². The Balaban J connectivity index is 1.21. The largest absolute Gasteiger partial charge is 0.488 e. The van der Waals surface area contributed by atoms with Gasteiger partial charge in [0.2, 0.25) is 0 Å². The quantitative estimate of drug-likeness (QED) is 0.268. The molecule has 2 atom stereocenters. The smallest absolute Gasteiger partial charge is 0.258 e. The number of piperidine rings is 1. The number of benzene rings is 3. The first kappa shape index (κ1) is 31.6. The minimum atomic E-state index is -0.535. The van der Waals surface area contributed by atoms with Gasteiger partial charge in [-0.25, -0.2) is 0 Å². The molecule has 0 radical (unpaired) electrons. The highest BCUT2D eigenvalue weighted by molar-refractivity contribution is 6.02. The van der Waals surface area contributed by atoms with Gasteiger partial charge in [-0.1, -0.05) is 54.6 Å². The first-order chi connectivity index (χ1) is 23.9. The first-order valence-corrected chi connectivity index (χ1v) is 16.2. The standard InChI is InChI=1S/C39H35N5O5/c1-25-37(33(14-16-41-25)27-6-3-2-4-7-27)39(47)44-17-15-35-34(23-44)43-38(46)30-18-29(21-40-22-30)28-8-5-9-32(19-28)48-24-36(45)42-20-26-10-12-31(49-35)13-11-26/h2-14,16,18-19,21-22,34-35H,15,17,20,23-24H2,1H3,(H,42,45)(H,43,46)/t34-,35+/m1/s1. The number of hydrogen-bond acceptors (Lipinski definition) is 7. The zero-order valence-corrected chi connectivity index (χ0v) is 27.0. The fourth-order valence-electron chi connectivity index (χ4n) is 6.25. The number of carbonyl (C=O) groups excluding carboxylic acids is 3.